The Balaban J connectivity index is 1.90. The maximum atomic E-state index is 12.8. The lowest BCUT2D eigenvalue weighted by Gasteiger charge is -2.38. The van der Waals surface area contributed by atoms with E-state index in [1.807, 2.05) is 39.0 Å². The quantitative estimate of drug-likeness (QED) is 0.843. The van der Waals surface area contributed by atoms with Crippen LogP contribution in [-0.2, 0) is 10.0 Å². The number of aryl methyl sites for hydroxylation is 1. The van der Waals surface area contributed by atoms with Crippen molar-refractivity contribution < 1.29 is 17.9 Å². The van der Waals surface area contributed by atoms with Gasteiger partial charge in [0.15, 0.2) is 0 Å². The Morgan fingerprint density at radius 2 is 1.93 bits per heavy atom. The van der Waals surface area contributed by atoms with Gasteiger partial charge in [-0.05, 0) is 57.6 Å². The van der Waals surface area contributed by atoms with Crippen LogP contribution in [0.15, 0.2) is 47.4 Å². The average molecular weight is 388 g/mol. The zero-order valence-corrected chi connectivity index (χ0v) is 16.7. The Hall–Kier alpha value is -2.38. The third-order valence-corrected chi connectivity index (χ3v) is 6.02. The fourth-order valence-corrected chi connectivity index (χ4v) is 4.03. The van der Waals surface area contributed by atoms with Crippen LogP contribution in [0.4, 0.5) is 0 Å². The van der Waals surface area contributed by atoms with Crippen LogP contribution in [0.5, 0.6) is 5.75 Å². The number of fused-ring (bicyclic) bond motifs is 1. The highest BCUT2D eigenvalue weighted by Gasteiger charge is 2.34. The van der Waals surface area contributed by atoms with Gasteiger partial charge in [0.05, 0.1) is 10.9 Å². The zero-order chi connectivity index (χ0) is 19.8. The Morgan fingerprint density at radius 1 is 1.19 bits per heavy atom. The summed E-state index contributed by atoms with van der Waals surface area (Å²) in [5, 5.41) is 3.03. The van der Waals surface area contributed by atoms with Crippen molar-refractivity contribution in [3.8, 4) is 5.75 Å². The molecule has 1 aliphatic rings. The summed E-state index contributed by atoms with van der Waals surface area (Å²) in [6, 6.07) is 11.7. The number of carbonyl (C=O) groups excluding carboxylic acids is 1. The summed E-state index contributed by atoms with van der Waals surface area (Å²) in [5.74, 6) is 0.445. The van der Waals surface area contributed by atoms with Crippen molar-refractivity contribution in [3.05, 3.63) is 59.2 Å². The molecule has 27 heavy (non-hydrogen) atoms. The SMILES string of the molecule is CNS(=O)(=O)c1cccc(C(=O)N[C@@H]2CC(C)(C)Oc3cc(C)ccc32)c1. The molecule has 7 heteroatoms. The van der Waals surface area contributed by atoms with Gasteiger partial charge in [-0.1, -0.05) is 18.2 Å². The molecule has 0 saturated carbocycles. The molecule has 1 amide bonds. The smallest absolute Gasteiger partial charge is 0.251 e. The van der Waals surface area contributed by atoms with Gasteiger partial charge in [0.2, 0.25) is 10.0 Å². The molecule has 0 aliphatic carbocycles. The molecule has 1 aliphatic heterocycles. The van der Waals surface area contributed by atoms with Crippen molar-refractivity contribution in [2.24, 2.45) is 0 Å². The molecule has 0 radical (unpaired) electrons. The van der Waals surface area contributed by atoms with Crippen LogP contribution in [0.3, 0.4) is 0 Å². The van der Waals surface area contributed by atoms with Crippen LogP contribution in [-0.4, -0.2) is 27.0 Å². The number of carbonyl (C=O) groups is 1. The van der Waals surface area contributed by atoms with Crippen molar-refractivity contribution in [3.63, 3.8) is 0 Å². The van der Waals surface area contributed by atoms with E-state index in [4.69, 9.17) is 4.74 Å². The molecule has 0 spiro atoms. The first kappa shape index (κ1) is 19.4. The first-order valence-corrected chi connectivity index (χ1v) is 10.2. The lowest BCUT2D eigenvalue weighted by Crippen LogP contribution is -2.41. The fourth-order valence-electron chi connectivity index (χ4n) is 3.25. The van der Waals surface area contributed by atoms with E-state index >= 15 is 0 Å². The number of hydrogen-bond donors (Lipinski definition) is 2. The topological polar surface area (TPSA) is 84.5 Å². The maximum absolute atomic E-state index is 12.8. The Kier molecular flexibility index (Phi) is 5.01. The molecule has 1 heterocycles. The van der Waals surface area contributed by atoms with Gasteiger partial charge in [0.1, 0.15) is 11.4 Å². The first-order chi connectivity index (χ1) is 12.6. The van der Waals surface area contributed by atoms with Crippen molar-refractivity contribution in [1.82, 2.24) is 10.0 Å². The molecule has 144 valence electrons. The number of ether oxygens (including phenoxy) is 1. The highest BCUT2D eigenvalue weighted by Crippen LogP contribution is 2.40. The number of amides is 1. The van der Waals surface area contributed by atoms with Gasteiger partial charge in [-0.15, -0.1) is 0 Å². The van der Waals surface area contributed by atoms with Gasteiger partial charge in [-0.25, -0.2) is 13.1 Å². The van der Waals surface area contributed by atoms with Crippen LogP contribution in [0.2, 0.25) is 0 Å². The van der Waals surface area contributed by atoms with Crippen molar-refractivity contribution in [2.75, 3.05) is 7.05 Å². The average Bonchev–Trinajstić information content (AvgIpc) is 2.60. The van der Waals surface area contributed by atoms with Gasteiger partial charge in [0.25, 0.3) is 5.91 Å². The molecule has 0 bridgehead atoms. The fraction of sp³-hybridized carbons (Fsp3) is 0.350. The molecule has 2 aromatic rings. The maximum Gasteiger partial charge on any atom is 0.251 e. The highest BCUT2D eigenvalue weighted by atomic mass is 32.2. The van der Waals surface area contributed by atoms with Gasteiger partial charge in [0, 0.05) is 17.5 Å². The van der Waals surface area contributed by atoms with E-state index in [0.29, 0.717) is 12.0 Å². The molecule has 0 unspecified atom stereocenters. The summed E-state index contributed by atoms with van der Waals surface area (Å²) in [6.07, 6.45) is 0.614. The predicted molar refractivity (Wildman–Crippen MR) is 103 cm³/mol. The molecule has 0 fully saturated rings. The summed E-state index contributed by atoms with van der Waals surface area (Å²) >= 11 is 0. The number of rotatable bonds is 4. The van der Waals surface area contributed by atoms with E-state index in [0.717, 1.165) is 16.9 Å². The Morgan fingerprint density at radius 3 is 2.63 bits per heavy atom. The lowest BCUT2D eigenvalue weighted by atomic mass is 9.89. The van der Waals surface area contributed by atoms with E-state index in [9.17, 15) is 13.2 Å². The van der Waals surface area contributed by atoms with Crippen LogP contribution in [0.1, 0.15) is 47.8 Å². The van der Waals surface area contributed by atoms with Crippen molar-refractivity contribution >= 4 is 15.9 Å². The summed E-state index contributed by atoms with van der Waals surface area (Å²) in [5.41, 5.74) is 1.88. The van der Waals surface area contributed by atoms with Gasteiger partial charge >= 0.3 is 0 Å². The standard InChI is InChI=1S/C20H24N2O4S/c1-13-8-9-16-17(12-20(2,3)26-18(16)10-13)22-19(23)14-6-5-7-15(11-14)27(24,25)21-4/h5-11,17,21H,12H2,1-4H3,(H,22,23)/t17-/m1/s1. The minimum absolute atomic E-state index is 0.0565. The van der Waals surface area contributed by atoms with Crippen molar-refractivity contribution in [2.45, 2.75) is 43.7 Å². The third kappa shape index (κ3) is 4.14. The molecule has 2 aromatic carbocycles. The van der Waals surface area contributed by atoms with Crippen LogP contribution < -0.4 is 14.8 Å². The lowest BCUT2D eigenvalue weighted by molar-refractivity contribution is 0.0619. The number of benzene rings is 2. The van der Waals surface area contributed by atoms with Crippen LogP contribution in [0, 0.1) is 6.92 Å². The summed E-state index contributed by atoms with van der Waals surface area (Å²) in [4.78, 5) is 12.9. The summed E-state index contributed by atoms with van der Waals surface area (Å²) in [7, 11) is -2.27. The second-order valence-corrected chi connectivity index (χ2v) is 9.26. The van der Waals surface area contributed by atoms with E-state index in [1.54, 1.807) is 12.1 Å². The van der Waals surface area contributed by atoms with E-state index in [2.05, 4.69) is 10.0 Å². The molecular weight excluding hydrogens is 364 g/mol. The van der Waals surface area contributed by atoms with Gasteiger partial charge in [-0.2, -0.15) is 0 Å². The van der Waals surface area contributed by atoms with E-state index in [-0.39, 0.29) is 16.8 Å². The number of hydrogen-bond acceptors (Lipinski definition) is 4. The largest absolute Gasteiger partial charge is 0.487 e. The molecule has 1 atom stereocenters. The first-order valence-electron chi connectivity index (χ1n) is 8.75. The summed E-state index contributed by atoms with van der Waals surface area (Å²) in [6.45, 7) is 5.96. The summed E-state index contributed by atoms with van der Waals surface area (Å²) < 4.78 is 32.3. The van der Waals surface area contributed by atoms with E-state index in [1.165, 1.54) is 19.2 Å². The second-order valence-electron chi connectivity index (χ2n) is 7.37. The van der Waals surface area contributed by atoms with Crippen LogP contribution >= 0.6 is 0 Å². The number of nitrogens with one attached hydrogen (secondary N) is 2. The van der Waals surface area contributed by atoms with Gasteiger partial charge in [-0.3, -0.25) is 4.79 Å². The van der Waals surface area contributed by atoms with Gasteiger partial charge < -0.3 is 10.1 Å². The monoisotopic (exact) mass is 388 g/mol. The minimum atomic E-state index is -3.61. The molecule has 6 nitrogen and oxygen atoms in total. The zero-order valence-electron chi connectivity index (χ0n) is 15.9. The molecule has 3 rings (SSSR count). The molecule has 0 aromatic heterocycles. The Bertz CT molecular complexity index is 983. The number of sulfonamides is 1. The Labute approximate surface area is 160 Å². The van der Waals surface area contributed by atoms with Crippen molar-refractivity contribution in [1.29, 1.82) is 0 Å². The van der Waals surface area contributed by atoms with E-state index < -0.39 is 15.6 Å². The minimum Gasteiger partial charge on any atom is -0.487 e. The highest BCUT2D eigenvalue weighted by molar-refractivity contribution is 7.89. The predicted octanol–water partition coefficient (Wildman–Crippen LogP) is 2.94. The molecular formula is C20H24N2O4S. The third-order valence-electron chi connectivity index (χ3n) is 4.61. The van der Waals surface area contributed by atoms with Crippen LogP contribution in [0.25, 0.3) is 0 Å². The second kappa shape index (κ2) is 6.98. The molecule has 2 N–H and O–H groups in total. The molecule has 0 saturated heterocycles. The normalized spacial score (nSPS) is 18.3.